The molecule has 0 aliphatic heterocycles. The fraction of sp³-hybridized carbons (Fsp3) is 0.417. The van der Waals surface area contributed by atoms with Crippen LogP contribution in [0.5, 0.6) is 0 Å². The molecule has 1 saturated carbocycles. The van der Waals surface area contributed by atoms with Crippen molar-refractivity contribution in [1.82, 2.24) is 5.32 Å². The molecular formula is C12H14FNO. The Hall–Kier alpha value is -1.38. The Balaban J connectivity index is 1.81. The number of carbonyl (C=O) groups is 1. The van der Waals surface area contributed by atoms with Gasteiger partial charge >= 0.3 is 0 Å². The van der Waals surface area contributed by atoms with Gasteiger partial charge in [-0.1, -0.05) is 12.8 Å². The van der Waals surface area contributed by atoms with E-state index in [1.54, 1.807) is 0 Å². The van der Waals surface area contributed by atoms with Gasteiger partial charge in [0.2, 0.25) is 0 Å². The monoisotopic (exact) mass is 207 g/mol. The van der Waals surface area contributed by atoms with Crippen LogP contribution >= 0.6 is 0 Å². The minimum Gasteiger partial charge on any atom is -0.352 e. The summed E-state index contributed by atoms with van der Waals surface area (Å²) in [5.41, 5.74) is 0.521. The second kappa shape index (κ2) is 4.43. The number of rotatable bonds is 4. The molecule has 0 bridgehead atoms. The molecule has 15 heavy (non-hydrogen) atoms. The molecule has 1 aromatic rings. The molecule has 3 heteroatoms. The second-order valence-electron chi connectivity index (χ2n) is 3.99. The smallest absolute Gasteiger partial charge is 0.251 e. The highest BCUT2D eigenvalue weighted by molar-refractivity contribution is 5.94. The molecule has 0 spiro atoms. The lowest BCUT2D eigenvalue weighted by Crippen LogP contribution is -2.24. The number of carbonyl (C=O) groups excluding carboxylic acids is 1. The summed E-state index contributed by atoms with van der Waals surface area (Å²) in [6.45, 7) is 0.723. The van der Waals surface area contributed by atoms with Gasteiger partial charge in [-0.15, -0.1) is 0 Å². The van der Waals surface area contributed by atoms with Crippen molar-refractivity contribution in [3.63, 3.8) is 0 Å². The molecule has 1 N–H and O–H groups in total. The molecule has 1 aliphatic rings. The van der Waals surface area contributed by atoms with E-state index in [1.165, 1.54) is 37.1 Å². The van der Waals surface area contributed by atoms with Crippen LogP contribution in [0.1, 0.15) is 29.6 Å². The Morgan fingerprint density at radius 1 is 1.33 bits per heavy atom. The summed E-state index contributed by atoms with van der Waals surface area (Å²) in [6.07, 6.45) is 3.66. The fourth-order valence-electron chi connectivity index (χ4n) is 1.50. The average Bonchev–Trinajstić information content (AvgIpc) is 3.02. The van der Waals surface area contributed by atoms with Crippen molar-refractivity contribution in [3.05, 3.63) is 35.6 Å². The van der Waals surface area contributed by atoms with Gasteiger partial charge in [0.25, 0.3) is 5.91 Å². The Morgan fingerprint density at radius 2 is 2.00 bits per heavy atom. The summed E-state index contributed by atoms with van der Waals surface area (Å²) in [5.74, 6) is 0.388. The summed E-state index contributed by atoms with van der Waals surface area (Å²) in [7, 11) is 0. The van der Waals surface area contributed by atoms with Crippen LogP contribution in [-0.4, -0.2) is 12.5 Å². The zero-order valence-electron chi connectivity index (χ0n) is 8.50. The Morgan fingerprint density at radius 3 is 2.60 bits per heavy atom. The third kappa shape index (κ3) is 3.05. The first-order valence-corrected chi connectivity index (χ1v) is 5.29. The van der Waals surface area contributed by atoms with E-state index in [-0.39, 0.29) is 11.7 Å². The summed E-state index contributed by atoms with van der Waals surface area (Å²) in [6, 6.07) is 5.61. The van der Waals surface area contributed by atoms with Crippen molar-refractivity contribution >= 4 is 5.91 Å². The third-order valence-corrected chi connectivity index (χ3v) is 2.64. The number of hydrogen-bond acceptors (Lipinski definition) is 1. The zero-order chi connectivity index (χ0) is 10.7. The van der Waals surface area contributed by atoms with Gasteiger partial charge in [0.05, 0.1) is 0 Å². The number of nitrogens with one attached hydrogen (secondary N) is 1. The predicted molar refractivity (Wildman–Crippen MR) is 56.1 cm³/mol. The number of hydrogen-bond donors (Lipinski definition) is 1. The molecule has 2 nitrogen and oxygen atoms in total. The second-order valence-corrected chi connectivity index (χ2v) is 3.99. The minimum absolute atomic E-state index is 0.115. The molecule has 1 amide bonds. The topological polar surface area (TPSA) is 29.1 Å². The molecule has 0 radical (unpaired) electrons. The van der Waals surface area contributed by atoms with Crippen molar-refractivity contribution in [2.75, 3.05) is 6.54 Å². The van der Waals surface area contributed by atoms with Gasteiger partial charge in [0.1, 0.15) is 5.82 Å². The largest absolute Gasteiger partial charge is 0.352 e. The highest BCUT2D eigenvalue weighted by Crippen LogP contribution is 2.31. The molecule has 1 aliphatic carbocycles. The highest BCUT2D eigenvalue weighted by atomic mass is 19.1. The Labute approximate surface area is 88.5 Å². The van der Waals surface area contributed by atoms with Crippen molar-refractivity contribution in [3.8, 4) is 0 Å². The van der Waals surface area contributed by atoms with Crippen LogP contribution in [0, 0.1) is 11.7 Å². The summed E-state index contributed by atoms with van der Waals surface area (Å²) < 4.78 is 12.6. The zero-order valence-corrected chi connectivity index (χ0v) is 8.50. The van der Waals surface area contributed by atoms with Crippen LogP contribution in [0.4, 0.5) is 4.39 Å². The van der Waals surface area contributed by atoms with Gasteiger partial charge in [-0.2, -0.15) is 0 Å². The average molecular weight is 207 g/mol. The van der Waals surface area contributed by atoms with Gasteiger partial charge in [0, 0.05) is 12.1 Å². The summed E-state index contributed by atoms with van der Waals surface area (Å²) >= 11 is 0. The van der Waals surface area contributed by atoms with Gasteiger partial charge in [-0.25, -0.2) is 4.39 Å². The van der Waals surface area contributed by atoms with Gasteiger partial charge in [-0.3, -0.25) is 4.79 Å². The van der Waals surface area contributed by atoms with Crippen LogP contribution in [-0.2, 0) is 0 Å². The van der Waals surface area contributed by atoms with Crippen LogP contribution < -0.4 is 5.32 Å². The molecule has 0 saturated heterocycles. The quantitative estimate of drug-likeness (QED) is 0.806. The van der Waals surface area contributed by atoms with E-state index in [9.17, 15) is 9.18 Å². The first kappa shape index (κ1) is 10.1. The number of benzene rings is 1. The summed E-state index contributed by atoms with van der Waals surface area (Å²) in [4.78, 5) is 11.5. The molecule has 0 atom stereocenters. The molecular weight excluding hydrogens is 193 g/mol. The van der Waals surface area contributed by atoms with E-state index in [0.717, 1.165) is 18.9 Å². The maximum absolute atomic E-state index is 12.6. The molecule has 80 valence electrons. The molecule has 1 fully saturated rings. The normalized spacial score (nSPS) is 15.0. The van der Waals surface area contributed by atoms with Crippen molar-refractivity contribution in [1.29, 1.82) is 0 Å². The lowest BCUT2D eigenvalue weighted by Gasteiger charge is -2.04. The van der Waals surface area contributed by atoms with Gasteiger partial charge < -0.3 is 5.32 Å². The van der Waals surface area contributed by atoms with Gasteiger partial charge in [0.15, 0.2) is 0 Å². The van der Waals surface area contributed by atoms with Crippen molar-refractivity contribution < 1.29 is 9.18 Å². The first-order chi connectivity index (χ1) is 7.25. The molecule has 2 rings (SSSR count). The summed E-state index contributed by atoms with van der Waals surface area (Å²) in [5, 5.41) is 2.83. The predicted octanol–water partition coefficient (Wildman–Crippen LogP) is 2.36. The van der Waals surface area contributed by atoms with E-state index in [2.05, 4.69) is 5.32 Å². The maximum Gasteiger partial charge on any atom is 0.251 e. The number of amides is 1. The SMILES string of the molecule is O=C(NCCC1CC1)c1ccc(F)cc1. The van der Waals surface area contributed by atoms with E-state index in [4.69, 9.17) is 0 Å². The first-order valence-electron chi connectivity index (χ1n) is 5.29. The molecule has 0 heterocycles. The van der Waals surface area contributed by atoms with E-state index >= 15 is 0 Å². The third-order valence-electron chi connectivity index (χ3n) is 2.64. The Kier molecular flexibility index (Phi) is 2.99. The highest BCUT2D eigenvalue weighted by Gasteiger charge is 2.20. The van der Waals surface area contributed by atoms with E-state index in [0.29, 0.717) is 5.56 Å². The van der Waals surface area contributed by atoms with Crippen LogP contribution in [0.3, 0.4) is 0 Å². The number of halogens is 1. The van der Waals surface area contributed by atoms with E-state index in [1.807, 2.05) is 0 Å². The lowest BCUT2D eigenvalue weighted by molar-refractivity contribution is 0.0952. The molecule has 0 aromatic heterocycles. The lowest BCUT2D eigenvalue weighted by atomic mass is 10.2. The van der Waals surface area contributed by atoms with Crippen LogP contribution in [0.2, 0.25) is 0 Å². The minimum atomic E-state index is -0.315. The van der Waals surface area contributed by atoms with E-state index < -0.39 is 0 Å². The fourth-order valence-corrected chi connectivity index (χ4v) is 1.50. The standard InChI is InChI=1S/C12H14FNO/c13-11-5-3-10(4-6-11)12(15)14-8-7-9-1-2-9/h3-6,9H,1-2,7-8H2,(H,14,15). The molecule has 1 aromatic carbocycles. The Bertz CT molecular complexity index is 343. The van der Waals surface area contributed by atoms with Crippen molar-refractivity contribution in [2.45, 2.75) is 19.3 Å². The van der Waals surface area contributed by atoms with Crippen LogP contribution in [0.15, 0.2) is 24.3 Å². The van der Waals surface area contributed by atoms with Crippen molar-refractivity contribution in [2.24, 2.45) is 5.92 Å². The van der Waals surface area contributed by atoms with Crippen LogP contribution in [0.25, 0.3) is 0 Å². The maximum atomic E-state index is 12.6. The van der Waals surface area contributed by atoms with Gasteiger partial charge in [-0.05, 0) is 36.6 Å². The molecule has 0 unspecified atom stereocenters.